The first-order chi connectivity index (χ1) is 8.77. The number of aromatic nitrogens is 1. The fourth-order valence-electron chi connectivity index (χ4n) is 3.26. The maximum atomic E-state index is 6.25. The van der Waals surface area contributed by atoms with Gasteiger partial charge in [0.05, 0.1) is 11.1 Å². The molecule has 3 unspecified atom stereocenters. The predicted octanol–water partition coefficient (Wildman–Crippen LogP) is 3.46. The maximum Gasteiger partial charge on any atom is 0.0637 e. The Balaban J connectivity index is 2.24. The van der Waals surface area contributed by atoms with Crippen molar-refractivity contribution in [2.45, 2.75) is 45.1 Å². The first kappa shape index (κ1) is 13.8. The SMILES string of the molecule is CCC1CCCCC1C(NN)c1ccncc1Cl. The molecule has 0 aliphatic heterocycles. The van der Waals surface area contributed by atoms with Crippen LogP contribution in [-0.4, -0.2) is 4.98 Å². The summed E-state index contributed by atoms with van der Waals surface area (Å²) in [5.41, 5.74) is 4.06. The summed E-state index contributed by atoms with van der Waals surface area (Å²) < 4.78 is 0. The van der Waals surface area contributed by atoms with Crippen LogP contribution in [0.1, 0.15) is 50.6 Å². The van der Waals surface area contributed by atoms with Crippen molar-refractivity contribution in [1.82, 2.24) is 10.4 Å². The Morgan fingerprint density at radius 1 is 1.50 bits per heavy atom. The zero-order valence-corrected chi connectivity index (χ0v) is 11.7. The summed E-state index contributed by atoms with van der Waals surface area (Å²) in [4.78, 5) is 4.05. The van der Waals surface area contributed by atoms with Gasteiger partial charge in [-0.1, -0.05) is 44.2 Å². The van der Waals surface area contributed by atoms with Crippen LogP contribution in [0.2, 0.25) is 5.02 Å². The van der Waals surface area contributed by atoms with Crippen LogP contribution >= 0.6 is 11.6 Å². The van der Waals surface area contributed by atoms with Crippen molar-refractivity contribution in [3.8, 4) is 0 Å². The number of halogens is 1. The number of nitrogens with two attached hydrogens (primary N) is 1. The van der Waals surface area contributed by atoms with Crippen molar-refractivity contribution >= 4 is 11.6 Å². The minimum atomic E-state index is 0.144. The molecule has 1 aromatic rings. The zero-order valence-electron chi connectivity index (χ0n) is 10.9. The Labute approximate surface area is 114 Å². The largest absolute Gasteiger partial charge is 0.271 e. The van der Waals surface area contributed by atoms with Gasteiger partial charge in [0.25, 0.3) is 0 Å². The standard InChI is InChI=1S/C14H22ClN3/c1-2-10-5-3-4-6-11(10)14(18-16)12-7-8-17-9-13(12)15/h7-11,14,18H,2-6,16H2,1H3. The summed E-state index contributed by atoms with van der Waals surface area (Å²) in [5.74, 6) is 7.11. The van der Waals surface area contributed by atoms with Gasteiger partial charge in [0.1, 0.15) is 0 Å². The van der Waals surface area contributed by atoms with Gasteiger partial charge < -0.3 is 0 Å². The zero-order chi connectivity index (χ0) is 13.0. The lowest BCUT2D eigenvalue weighted by Gasteiger charge is -2.37. The van der Waals surface area contributed by atoms with Crippen molar-refractivity contribution in [2.24, 2.45) is 17.7 Å². The minimum absolute atomic E-state index is 0.144. The van der Waals surface area contributed by atoms with E-state index in [-0.39, 0.29) is 6.04 Å². The molecule has 0 saturated heterocycles. The minimum Gasteiger partial charge on any atom is -0.271 e. The van der Waals surface area contributed by atoms with E-state index < -0.39 is 0 Å². The molecule has 100 valence electrons. The third-order valence-corrected chi connectivity index (χ3v) is 4.55. The maximum absolute atomic E-state index is 6.25. The molecule has 1 saturated carbocycles. The van der Waals surface area contributed by atoms with Crippen LogP contribution < -0.4 is 11.3 Å². The molecule has 0 radical (unpaired) electrons. The summed E-state index contributed by atoms with van der Waals surface area (Å²) in [7, 11) is 0. The van der Waals surface area contributed by atoms with Gasteiger partial charge in [0.15, 0.2) is 0 Å². The van der Waals surface area contributed by atoms with E-state index in [1.54, 1.807) is 12.4 Å². The van der Waals surface area contributed by atoms with E-state index in [1.807, 2.05) is 6.07 Å². The average molecular weight is 268 g/mol. The normalized spacial score (nSPS) is 25.9. The van der Waals surface area contributed by atoms with E-state index in [0.29, 0.717) is 10.9 Å². The summed E-state index contributed by atoms with van der Waals surface area (Å²) in [6, 6.07) is 2.12. The molecule has 3 N–H and O–H groups in total. The highest BCUT2D eigenvalue weighted by Gasteiger charge is 2.32. The highest BCUT2D eigenvalue weighted by Crippen LogP contribution is 2.41. The van der Waals surface area contributed by atoms with E-state index >= 15 is 0 Å². The molecule has 1 aliphatic rings. The Bertz CT molecular complexity index is 383. The molecule has 0 amide bonds. The monoisotopic (exact) mass is 267 g/mol. The van der Waals surface area contributed by atoms with Gasteiger partial charge in [0, 0.05) is 12.4 Å². The third kappa shape index (κ3) is 2.85. The van der Waals surface area contributed by atoms with Crippen LogP contribution in [0.4, 0.5) is 0 Å². The van der Waals surface area contributed by atoms with E-state index in [9.17, 15) is 0 Å². The number of rotatable bonds is 4. The second-order valence-corrected chi connectivity index (χ2v) is 5.57. The Morgan fingerprint density at radius 3 is 2.94 bits per heavy atom. The number of nitrogens with one attached hydrogen (secondary N) is 1. The number of hydrazine groups is 1. The Kier molecular flexibility index (Phi) is 4.98. The van der Waals surface area contributed by atoms with Gasteiger partial charge >= 0.3 is 0 Å². The van der Waals surface area contributed by atoms with Crippen molar-refractivity contribution in [2.75, 3.05) is 0 Å². The molecule has 0 spiro atoms. The van der Waals surface area contributed by atoms with Crippen molar-refractivity contribution in [1.29, 1.82) is 0 Å². The summed E-state index contributed by atoms with van der Waals surface area (Å²) in [6.45, 7) is 2.27. The molecule has 0 bridgehead atoms. The second-order valence-electron chi connectivity index (χ2n) is 5.16. The lowest BCUT2D eigenvalue weighted by molar-refractivity contribution is 0.176. The molecule has 2 rings (SSSR count). The van der Waals surface area contributed by atoms with Crippen LogP contribution in [-0.2, 0) is 0 Å². The molecule has 0 aromatic carbocycles. The molecule has 3 nitrogen and oxygen atoms in total. The topological polar surface area (TPSA) is 50.9 Å². The molecular weight excluding hydrogens is 246 g/mol. The quantitative estimate of drug-likeness (QED) is 0.649. The number of pyridine rings is 1. The third-order valence-electron chi connectivity index (χ3n) is 4.24. The number of hydrogen-bond acceptors (Lipinski definition) is 3. The van der Waals surface area contributed by atoms with Crippen LogP contribution in [0, 0.1) is 11.8 Å². The molecule has 1 heterocycles. The lowest BCUT2D eigenvalue weighted by Crippen LogP contribution is -2.38. The van der Waals surface area contributed by atoms with Crippen LogP contribution in [0.25, 0.3) is 0 Å². The van der Waals surface area contributed by atoms with Gasteiger partial charge in [-0.25, -0.2) is 0 Å². The van der Waals surface area contributed by atoms with Gasteiger partial charge in [-0.15, -0.1) is 0 Å². The van der Waals surface area contributed by atoms with Crippen molar-refractivity contribution < 1.29 is 0 Å². The smallest absolute Gasteiger partial charge is 0.0637 e. The Hall–Kier alpha value is -0.640. The van der Waals surface area contributed by atoms with E-state index in [1.165, 1.54) is 32.1 Å². The summed E-state index contributed by atoms with van der Waals surface area (Å²) in [6.07, 6.45) is 9.87. The van der Waals surface area contributed by atoms with Crippen molar-refractivity contribution in [3.05, 3.63) is 29.0 Å². The lowest BCUT2D eigenvalue weighted by atomic mass is 9.72. The Morgan fingerprint density at radius 2 is 2.28 bits per heavy atom. The van der Waals surface area contributed by atoms with Crippen LogP contribution in [0.5, 0.6) is 0 Å². The first-order valence-corrected chi connectivity index (χ1v) is 7.21. The summed E-state index contributed by atoms with van der Waals surface area (Å²) in [5, 5.41) is 0.709. The fraction of sp³-hybridized carbons (Fsp3) is 0.643. The van der Waals surface area contributed by atoms with E-state index in [2.05, 4.69) is 17.3 Å². The predicted molar refractivity (Wildman–Crippen MR) is 75.1 cm³/mol. The van der Waals surface area contributed by atoms with Gasteiger partial charge in [-0.05, 0) is 29.9 Å². The molecule has 1 fully saturated rings. The molecule has 18 heavy (non-hydrogen) atoms. The van der Waals surface area contributed by atoms with Crippen molar-refractivity contribution in [3.63, 3.8) is 0 Å². The molecule has 1 aromatic heterocycles. The number of nitrogens with zero attached hydrogens (tertiary/aromatic N) is 1. The molecular formula is C14H22ClN3. The highest BCUT2D eigenvalue weighted by molar-refractivity contribution is 6.31. The van der Waals surface area contributed by atoms with Crippen LogP contribution in [0.3, 0.4) is 0 Å². The molecule has 1 aliphatic carbocycles. The van der Waals surface area contributed by atoms with Gasteiger partial charge in [-0.3, -0.25) is 16.3 Å². The van der Waals surface area contributed by atoms with E-state index in [4.69, 9.17) is 17.4 Å². The van der Waals surface area contributed by atoms with Gasteiger partial charge in [-0.2, -0.15) is 0 Å². The average Bonchev–Trinajstić information content (AvgIpc) is 2.42. The first-order valence-electron chi connectivity index (χ1n) is 6.83. The fourth-order valence-corrected chi connectivity index (χ4v) is 3.50. The van der Waals surface area contributed by atoms with Gasteiger partial charge in [0.2, 0.25) is 0 Å². The highest BCUT2D eigenvalue weighted by atomic mass is 35.5. The number of hydrogen-bond donors (Lipinski definition) is 2. The second kappa shape index (κ2) is 6.50. The molecule has 4 heteroatoms. The molecule has 3 atom stereocenters. The van der Waals surface area contributed by atoms with E-state index in [0.717, 1.165) is 11.5 Å². The van der Waals surface area contributed by atoms with Crippen LogP contribution in [0.15, 0.2) is 18.5 Å². The summed E-state index contributed by atoms with van der Waals surface area (Å²) >= 11 is 6.25.